The van der Waals surface area contributed by atoms with E-state index in [1.165, 1.54) is 17.8 Å². The maximum absolute atomic E-state index is 10.6. The Kier molecular flexibility index (Phi) is 6.21. The van der Waals surface area contributed by atoms with Crippen molar-refractivity contribution in [1.29, 1.82) is 0 Å². The van der Waals surface area contributed by atoms with Crippen molar-refractivity contribution in [2.24, 2.45) is 0 Å². The lowest BCUT2D eigenvalue weighted by atomic mass is 10.6. The number of hydrogen-bond acceptors (Lipinski definition) is 2. The van der Waals surface area contributed by atoms with E-state index in [0.29, 0.717) is 5.88 Å². The molecule has 52 valence electrons. The molecule has 3 heteroatoms. The Morgan fingerprint density at radius 3 is 2.89 bits per heavy atom. The molecule has 0 spiro atoms. The van der Waals surface area contributed by atoms with Gasteiger partial charge in [0.2, 0.25) is 5.12 Å². The van der Waals surface area contributed by atoms with Crippen molar-refractivity contribution in [3.63, 3.8) is 0 Å². The number of hydrogen-bond donors (Lipinski definition) is 0. The SMILES string of the molecule is CCSC(=O)/C=C/CCl. The van der Waals surface area contributed by atoms with Crippen LogP contribution in [0.5, 0.6) is 0 Å². The first-order valence-electron chi connectivity index (χ1n) is 2.70. The van der Waals surface area contributed by atoms with Gasteiger partial charge in [0.15, 0.2) is 0 Å². The predicted molar refractivity (Wildman–Crippen MR) is 43.0 cm³/mol. The zero-order valence-corrected chi connectivity index (χ0v) is 6.84. The summed E-state index contributed by atoms with van der Waals surface area (Å²) in [6.45, 7) is 1.94. The minimum atomic E-state index is 0.0816. The molecule has 0 aromatic heterocycles. The summed E-state index contributed by atoms with van der Waals surface area (Å²) >= 11 is 6.58. The van der Waals surface area contributed by atoms with Crippen LogP contribution in [0.15, 0.2) is 12.2 Å². The highest BCUT2D eigenvalue weighted by molar-refractivity contribution is 8.14. The Bertz CT molecular complexity index is 112. The molecule has 0 amide bonds. The van der Waals surface area contributed by atoms with E-state index < -0.39 is 0 Å². The van der Waals surface area contributed by atoms with Crippen LogP contribution in [0.3, 0.4) is 0 Å². The average Bonchev–Trinajstić information content (AvgIpc) is 1.85. The summed E-state index contributed by atoms with van der Waals surface area (Å²) in [6.07, 6.45) is 3.15. The molecule has 0 aliphatic carbocycles. The van der Waals surface area contributed by atoms with Crippen LogP contribution >= 0.6 is 23.4 Å². The molecule has 0 saturated carbocycles. The summed E-state index contributed by atoms with van der Waals surface area (Å²) in [5.41, 5.74) is 0. The summed E-state index contributed by atoms with van der Waals surface area (Å²) < 4.78 is 0. The molecule has 1 nitrogen and oxygen atoms in total. The van der Waals surface area contributed by atoms with Gasteiger partial charge in [-0.1, -0.05) is 24.8 Å². The van der Waals surface area contributed by atoms with E-state index in [0.717, 1.165) is 5.75 Å². The molecule has 0 fully saturated rings. The van der Waals surface area contributed by atoms with E-state index in [1.807, 2.05) is 6.92 Å². The minimum Gasteiger partial charge on any atom is -0.282 e. The Morgan fingerprint density at radius 2 is 2.44 bits per heavy atom. The van der Waals surface area contributed by atoms with E-state index in [1.54, 1.807) is 6.08 Å². The molecule has 0 unspecified atom stereocenters. The van der Waals surface area contributed by atoms with Crippen molar-refractivity contribution in [2.75, 3.05) is 11.6 Å². The molecule has 0 aliphatic heterocycles. The van der Waals surface area contributed by atoms with Gasteiger partial charge in [0, 0.05) is 5.88 Å². The van der Waals surface area contributed by atoms with E-state index in [2.05, 4.69) is 0 Å². The van der Waals surface area contributed by atoms with Gasteiger partial charge in [-0.25, -0.2) is 0 Å². The van der Waals surface area contributed by atoms with Gasteiger partial charge in [-0.15, -0.1) is 11.6 Å². The number of alkyl halides is 1. The first kappa shape index (κ1) is 9.05. The quantitative estimate of drug-likeness (QED) is 0.469. The number of rotatable bonds is 3. The van der Waals surface area contributed by atoms with Crippen molar-refractivity contribution in [3.05, 3.63) is 12.2 Å². The van der Waals surface area contributed by atoms with Crippen LogP contribution in [0.4, 0.5) is 0 Å². The summed E-state index contributed by atoms with van der Waals surface area (Å²) in [4.78, 5) is 10.6. The fourth-order valence-electron chi connectivity index (χ4n) is 0.331. The highest BCUT2D eigenvalue weighted by atomic mass is 35.5. The van der Waals surface area contributed by atoms with Gasteiger partial charge in [-0.3, -0.25) is 4.79 Å². The van der Waals surface area contributed by atoms with Gasteiger partial charge >= 0.3 is 0 Å². The Hall–Kier alpha value is 0.0500. The number of halogens is 1. The third-order valence-corrected chi connectivity index (χ3v) is 1.52. The highest BCUT2D eigenvalue weighted by Gasteiger charge is 1.90. The molecule has 0 bridgehead atoms. The van der Waals surface area contributed by atoms with Gasteiger partial charge in [-0.2, -0.15) is 0 Å². The number of carbonyl (C=O) groups is 1. The number of carbonyl (C=O) groups excluding carboxylic acids is 1. The number of allylic oxidation sites excluding steroid dienone is 1. The normalized spacial score (nSPS) is 10.4. The van der Waals surface area contributed by atoms with E-state index in [-0.39, 0.29) is 5.12 Å². The number of thioether (sulfide) groups is 1. The van der Waals surface area contributed by atoms with Crippen molar-refractivity contribution in [3.8, 4) is 0 Å². The van der Waals surface area contributed by atoms with E-state index in [4.69, 9.17) is 11.6 Å². The topological polar surface area (TPSA) is 17.1 Å². The van der Waals surface area contributed by atoms with Gasteiger partial charge in [0.1, 0.15) is 0 Å². The standard InChI is InChI=1S/C6H9ClOS/c1-2-9-6(8)4-3-5-7/h3-4H,2,5H2,1H3/b4-3+. The monoisotopic (exact) mass is 164 g/mol. The summed E-state index contributed by atoms with van der Waals surface area (Å²) in [5, 5.41) is 0.0816. The summed E-state index contributed by atoms with van der Waals surface area (Å²) in [5.74, 6) is 1.24. The van der Waals surface area contributed by atoms with Crippen LogP contribution < -0.4 is 0 Å². The van der Waals surface area contributed by atoms with E-state index >= 15 is 0 Å². The van der Waals surface area contributed by atoms with Crippen LogP contribution in [-0.4, -0.2) is 16.7 Å². The lowest BCUT2D eigenvalue weighted by molar-refractivity contribution is -0.107. The smallest absolute Gasteiger partial charge is 0.211 e. The molecule has 9 heavy (non-hydrogen) atoms. The average molecular weight is 165 g/mol. The van der Waals surface area contributed by atoms with Gasteiger partial charge in [0.05, 0.1) is 0 Å². The molecule has 0 saturated heterocycles. The van der Waals surface area contributed by atoms with Crippen LogP contribution in [-0.2, 0) is 4.79 Å². The maximum atomic E-state index is 10.6. The Labute approximate surface area is 64.5 Å². The van der Waals surface area contributed by atoms with Crippen molar-refractivity contribution in [1.82, 2.24) is 0 Å². The molecule has 0 aromatic carbocycles. The van der Waals surface area contributed by atoms with Crippen LogP contribution in [0.25, 0.3) is 0 Å². The Morgan fingerprint density at radius 1 is 1.78 bits per heavy atom. The van der Waals surface area contributed by atoms with Crippen LogP contribution in [0.1, 0.15) is 6.92 Å². The van der Waals surface area contributed by atoms with Gasteiger partial charge in [-0.05, 0) is 11.8 Å². The summed E-state index contributed by atoms with van der Waals surface area (Å²) in [6, 6.07) is 0. The molecule has 0 rings (SSSR count). The molecule has 0 atom stereocenters. The lowest BCUT2D eigenvalue weighted by Gasteiger charge is -1.85. The van der Waals surface area contributed by atoms with Crippen molar-refractivity contribution in [2.45, 2.75) is 6.92 Å². The fourth-order valence-corrected chi connectivity index (χ4v) is 0.897. The minimum absolute atomic E-state index is 0.0816. The highest BCUT2D eigenvalue weighted by Crippen LogP contribution is 2.00. The lowest BCUT2D eigenvalue weighted by Crippen LogP contribution is -1.84. The van der Waals surface area contributed by atoms with Crippen molar-refractivity contribution < 1.29 is 4.79 Å². The molecule has 0 aromatic rings. The van der Waals surface area contributed by atoms with Gasteiger partial charge in [0.25, 0.3) is 0 Å². The predicted octanol–water partition coefficient (Wildman–Crippen LogP) is 2.06. The molecule has 0 aliphatic rings. The van der Waals surface area contributed by atoms with Crippen LogP contribution in [0.2, 0.25) is 0 Å². The summed E-state index contributed by atoms with van der Waals surface area (Å²) in [7, 11) is 0. The molecule has 0 radical (unpaired) electrons. The zero-order valence-electron chi connectivity index (χ0n) is 5.26. The van der Waals surface area contributed by atoms with Gasteiger partial charge < -0.3 is 0 Å². The third-order valence-electron chi connectivity index (χ3n) is 0.630. The fraction of sp³-hybridized carbons (Fsp3) is 0.500. The first-order valence-corrected chi connectivity index (χ1v) is 4.22. The second-order valence-electron chi connectivity index (χ2n) is 1.31. The molecule has 0 N–H and O–H groups in total. The molecular formula is C6H9ClOS. The second kappa shape index (κ2) is 6.17. The molecule has 0 heterocycles. The largest absolute Gasteiger partial charge is 0.282 e. The first-order chi connectivity index (χ1) is 4.31. The van der Waals surface area contributed by atoms with Crippen LogP contribution in [0, 0.1) is 0 Å². The second-order valence-corrected chi connectivity index (χ2v) is 2.89. The van der Waals surface area contributed by atoms with Crippen molar-refractivity contribution >= 4 is 28.5 Å². The van der Waals surface area contributed by atoms with E-state index in [9.17, 15) is 4.79 Å². The maximum Gasteiger partial charge on any atom is 0.211 e. The Balaban J connectivity index is 3.37. The third kappa shape index (κ3) is 5.93. The zero-order chi connectivity index (χ0) is 7.11. The molecular weight excluding hydrogens is 156 g/mol.